The molecule has 9 nitrogen and oxygen atoms in total. The lowest BCUT2D eigenvalue weighted by molar-refractivity contribution is -0.426. The molecule has 0 saturated heterocycles. The van der Waals surface area contributed by atoms with Crippen molar-refractivity contribution in [3.63, 3.8) is 0 Å². The Morgan fingerprint density at radius 3 is 1.12 bits per heavy atom. The second-order valence-corrected chi connectivity index (χ2v) is 11.4. The van der Waals surface area contributed by atoms with E-state index >= 15 is 0 Å². The summed E-state index contributed by atoms with van der Waals surface area (Å²) in [6.45, 7) is 5.31. The molecule has 2 N–H and O–H groups in total. The van der Waals surface area contributed by atoms with E-state index in [9.17, 15) is 0 Å². The lowest BCUT2D eigenvalue weighted by Crippen LogP contribution is -2.80. The van der Waals surface area contributed by atoms with Crippen molar-refractivity contribution in [2.24, 2.45) is 5.73 Å². The summed E-state index contributed by atoms with van der Waals surface area (Å²) in [5.74, 6) is -3.13. The van der Waals surface area contributed by atoms with Gasteiger partial charge in [-0.3, -0.25) is 0 Å². The summed E-state index contributed by atoms with van der Waals surface area (Å²) in [4.78, 5) is 0. The molecule has 0 aromatic carbocycles. The molecule has 34 heavy (non-hydrogen) atoms. The van der Waals surface area contributed by atoms with Crippen molar-refractivity contribution >= 4 is 20.5 Å². The summed E-state index contributed by atoms with van der Waals surface area (Å²) in [5.41, 5.74) is 4.43. The van der Waals surface area contributed by atoms with Crippen LogP contribution in [0.5, 0.6) is 0 Å². The molecule has 0 saturated carbocycles. The number of ether oxygens (including phenoxy) is 8. The number of rotatable bonds is 22. The van der Waals surface area contributed by atoms with Crippen LogP contribution in [-0.2, 0) is 37.9 Å². The van der Waals surface area contributed by atoms with Crippen LogP contribution in [0.4, 0.5) is 0 Å². The van der Waals surface area contributed by atoms with Crippen molar-refractivity contribution in [3.8, 4) is 0 Å². The van der Waals surface area contributed by atoms with E-state index in [4.69, 9.17) is 43.6 Å². The Hall–Kier alpha value is 0.0738. The summed E-state index contributed by atoms with van der Waals surface area (Å²) in [6.07, 6.45) is 8.49. The zero-order valence-electron chi connectivity index (χ0n) is 23.5. The molecule has 0 spiro atoms. The van der Waals surface area contributed by atoms with Gasteiger partial charge in [-0.05, 0) is 12.8 Å². The monoisotopic (exact) mass is 527 g/mol. The molecule has 0 fully saturated rings. The normalized spacial score (nSPS) is 17.6. The van der Waals surface area contributed by atoms with Gasteiger partial charge in [0.15, 0.2) is 10.8 Å². The van der Waals surface area contributed by atoms with E-state index in [1.54, 1.807) is 14.2 Å². The van der Waals surface area contributed by atoms with Crippen molar-refractivity contribution in [2.45, 2.75) is 93.7 Å². The van der Waals surface area contributed by atoms with Gasteiger partial charge in [-0.2, -0.15) is 0 Å². The van der Waals surface area contributed by atoms with Crippen LogP contribution in [-0.4, -0.2) is 105 Å². The molecule has 0 bridgehead atoms. The van der Waals surface area contributed by atoms with E-state index in [-0.39, 0.29) is 0 Å². The van der Waals surface area contributed by atoms with Gasteiger partial charge >= 0.3 is 0 Å². The van der Waals surface area contributed by atoms with Crippen molar-refractivity contribution in [1.29, 1.82) is 0 Å². The van der Waals surface area contributed by atoms with Crippen LogP contribution >= 0.6 is 0 Å². The molecular formula is C23H53NO8Si2. The fourth-order valence-corrected chi connectivity index (χ4v) is 6.27. The van der Waals surface area contributed by atoms with Crippen LogP contribution in [0, 0.1) is 0 Å². The summed E-state index contributed by atoms with van der Waals surface area (Å²) < 4.78 is 48.2. The number of hydrogen-bond donors (Lipinski definition) is 1. The highest BCUT2D eigenvalue weighted by molar-refractivity contribution is 6.15. The van der Waals surface area contributed by atoms with Gasteiger partial charge in [0.05, 0.1) is 20.5 Å². The largest absolute Gasteiger partial charge is 0.353 e. The fraction of sp³-hybridized carbons (Fsp3) is 1.00. The Balaban J connectivity index is 6.15. The van der Waals surface area contributed by atoms with E-state index in [2.05, 4.69) is 13.8 Å². The van der Waals surface area contributed by atoms with E-state index < -0.39 is 28.4 Å². The maximum atomic E-state index is 6.93. The molecule has 0 radical (unpaired) electrons. The van der Waals surface area contributed by atoms with E-state index in [1.165, 1.54) is 28.4 Å². The first-order valence-corrected chi connectivity index (χ1v) is 14.5. The van der Waals surface area contributed by atoms with Gasteiger partial charge in [-0.25, -0.2) is 0 Å². The second kappa shape index (κ2) is 16.7. The van der Waals surface area contributed by atoms with Crippen LogP contribution in [0.1, 0.15) is 65.2 Å². The topological polar surface area (TPSA) is 99.9 Å². The van der Waals surface area contributed by atoms with E-state index in [0.29, 0.717) is 33.7 Å². The Bertz CT molecular complexity index is 481. The van der Waals surface area contributed by atoms with Crippen molar-refractivity contribution in [2.75, 3.05) is 55.9 Å². The maximum absolute atomic E-state index is 6.93. The highest BCUT2D eigenvalue weighted by Crippen LogP contribution is 2.42. The van der Waals surface area contributed by atoms with Gasteiger partial charge in [0.2, 0.25) is 11.6 Å². The fourth-order valence-electron chi connectivity index (χ4n) is 4.43. The van der Waals surface area contributed by atoms with Gasteiger partial charge in [0.1, 0.15) is 6.04 Å². The molecule has 0 aliphatic rings. The number of hydrogen-bond acceptors (Lipinski definition) is 9. The Labute approximate surface area is 213 Å². The summed E-state index contributed by atoms with van der Waals surface area (Å²) in [7, 11) is 9.95. The maximum Gasteiger partial charge on any atom is 0.239 e. The molecule has 0 aliphatic heterocycles. The molecule has 2 atom stereocenters. The van der Waals surface area contributed by atoms with E-state index in [1.807, 2.05) is 0 Å². The van der Waals surface area contributed by atoms with Gasteiger partial charge in [-0.1, -0.05) is 52.4 Å². The SMILES string of the molecule is CCCCCCOC([SiH3])(OC)C(OC)(OC)C(N)C(OC)(OC)C([SiH3])(OC)OCCCCCC. The van der Waals surface area contributed by atoms with Crippen LogP contribution in [0.25, 0.3) is 0 Å². The summed E-state index contributed by atoms with van der Waals surface area (Å²) in [5, 5.41) is 0. The van der Waals surface area contributed by atoms with E-state index in [0.717, 1.165) is 51.4 Å². The Morgan fingerprint density at radius 1 is 0.559 bits per heavy atom. The summed E-state index contributed by atoms with van der Waals surface area (Å²) in [6, 6.07) is -1.06. The van der Waals surface area contributed by atoms with Crippen LogP contribution in [0.15, 0.2) is 0 Å². The number of unbranched alkanes of at least 4 members (excludes halogenated alkanes) is 6. The van der Waals surface area contributed by atoms with Crippen molar-refractivity contribution in [1.82, 2.24) is 0 Å². The highest BCUT2D eigenvalue weighted by atomic mass is 28.2. The first-order valence-electron chi connectivity index (χ1n) is 12.5. The lowest BCUT2D eigenvalue weighted by Gasteiger charge is -2.55. The van der Waals surface area contributed by atoms with Crippen LogP contribution in [0.3, 0.4) is 0 Å². The molecule has 0 aromatic heterocycles. The third kappa shape index (κ3) is 7.54. The number of methoxy groups -OCH3 is 6. The molecule has 0 heterocycles. The average Bonchev–Trinajstić information content (AvgIpc) is 2.85. The first kappa shape index (κ1) is 34.1. The van der Waals surface area contributed by atoms with Crippen LogP contribution < -0.4 is 5.73 Å². The van der Waals surface area contributed by atoms with Gasteiger partial charge in [-0.15, -0.1) is 0 Å². The lowest BCUT2D eigenvalue weighted by atomic mass is 9.95. The minimum atomic E-state index is -1.56. The molecule has 206 valence electrons. The quantitative estimate of drug-likeness (QED) is 0.125. The Kier molecular flexibility index (Phi) is 16.8. The standard InChI is InChI=1S/C23H53NO8Si2/c1-9-11-13-15-17-31-22(33,29-7)20(25-3,26-4)19(24)21(27-5,28-6)23(34,30-8)32-18-16-14-12-10-2/h19H,9-18,24H2,1-8,33-34H3. The molecule has 0 aliphatic carbocycles. The zero-order chi connectivity index (χ0) is 26.3. The third-order valence-electron chi connectivity index (χ3n) is 6.83. The smallest absolute Gasteiger partial charge is 0.239 e. The molecular weight excluding hydrogens is 474 g/mol. The second-order valence-electron chi connectivity index (χ2n) is 8.75. The minimum Gasteiger partial charge on any atom is -0.353 e. The van der Waals surface area contributed by atoms with Gasteiger partial charge in [0.25, 0.3) is 0 Å². The summed E-state index contributed by atoms with van der Waals surface area (Å²) >= 11 is 0. The zero-order valence-corrected chi connectivity index (χ0v) is 27.5. The molecule has 0 rings (SSSR count). The van der Waals surface area contributed by atoms with Crippen molar-refractivity contribution < 1.29 is 37.9 Å². The molecule has 0 amide bonds. The first-order chi connectivity index (χ1) is 16.1. The van der Waals surface area contributed by atoms with Gasteiger partial charge < -0.3 is 43.6 Å². The Morgan fingerprint density at radius 2 is 0.882 bits per heavy atom. The predicted molar refractivity (Wildman–Crippen MR) is 141 cm³/mol. The number of nitrogens with two attached hydrogens (primary N) is 1. The average molecular weight is 528 g/mol. The minimum absolute atomic E-state index is 0.388. The molecule has 11 heteroatoms. The van der Waals surface area contributed by atoms with Crippen molar-refractivity contribution in [3.05, 3.63) is 0 Å². The molecule has 0 aromatic rings. The molecule has 2 unspecified atom stereocenters. The van der Waals surface area contributed by atoms with Crippen LogP contribution in [0.2, 0.25) is 0 Å². The third-order valence-corrected chi connectivity index (χ3v) is 9.62. The predicted octanol–water partition coefficient (Wildman–Crippen LogP) is 0.817. The highest BCUT2D eigenvalue weighted by Gasteiger charge is 2.68. The van der Waals surface area contributed by atoms with Gasteiger partial charge in [0, 0.05) is 55.9 Å².